The molecule has 78 valence electrons. The van der Waals surface area contributed by atoms with Gasteiger partial charge in [-0.3, -0.25) is 0 Å². The van der Waals surface area contributed by atoms with Crippen molar-refractivity contribution in [1.29, 1.82) is 5.26 Å². The first-order valence-corrected chi connectivity index (χ1v) is 5.00. The Kier molecular flexibility index (Phi) is 10.3. The Balaban J connectivity index is 0. The molecule has 1 aromatic rings. The Morgan fingerprint density at radius 1 is 1.14 bits per heavy atom. The van der Waals surface area contributed by atoms with Gasteiger partial charge in [-0.2, -0.15) is 5.26 Å². The van der Waals surface area contributed by atoms with Crippen molar-refractivity contribution >= 4 is 5.69 Å². The van der Waals surface area contributed by atoms with E-state index in [0.717, 1.165) is 5.56 Å². The van der Waals surface area contributed by atoms with Crippen LogP contribution in [0.5, 0.6) is 0 Å². The van der Waals surface area contributed by atoms with E-state index in [2.05, 4.69) is 0 Å². The smallest absolute Gasteiger partial charge is 0.101 e. The largest absolute Gasteiger partial charge is 0.398 e. The van der Waals surface area contributed by atoms with Crippen molar-refractivity contribution in [2.75, 3.05) is 5.73 Å². The average Bonchev–Trinajstić information content (AvgIpc) is 2.27. The summed E-state index contributed by atoms with van der Waals surface area (Å²) in [4.78, 5) is 0. The van der Waals surface area contributed by atoms with Crippen LogP contribution in [0.25, 0.3) is 0 Å². The first-order chi connectivity index (χ1) is 6.74. The number of nitrogens with two attached hydrogens (primary N) is 1. The molecule has 0 aliphatic heterocycles. The van der Waals surface area contributed by atoms with E-state index in [4.69, 9.17) is 11.0 Å². The van der Waals surface area contributed by atoms with E-state index in [1.54, 1.807) is 12.1 Å². The molecule has 0 saturated heterocycles. The Labute approximate surface area is 87.4 Å². The van der Waals surface area contributed by atoms with Crippen LogP contribution < -0.4 is 5.73 Å². The van der Waals surface area contributed by atoms with Gasteiger partial charge in [-0.25, -0.2) is 0 Å². The maximum absolute atomic E-state index is 8.51. The topological polar surface area (TPSA) is 49.8 Å². The van der Waals surface area contributed by atoms with Crippen LogP contribution in [-0.2, 0) is 0 Å². The van der Waals surface area contributed by atoms with E-state index >= 15 is 0 Å². The van der Waals surface area contributed by atoms with Crippen LogP contribution in [0, 0.1) is 18.3 Å². The van der Waals surface area contributed by atoms with Crippen molar-refractivity contribution in [3.8, 4) is 6.07 Å². The number of nitrogen functional groups attached to an aromatic ring is 1. The molecule has 14 heavy (non-hydrogen) atoms. The van der Waals surface area contributed by atoms with Crippen molar-refractivity contribution < 1.29 is 0 Å². The fourth-order valence-corrected chi connectivity index (χ4v) is 0.767. The molecule has 0 unspecified atom stereocenters. The first-order valence-electron chi connectivity index (χ1n) is 5.00. The molecule has 2 heteroatoms. The minimum atomic E-state index is 0.549. The average molecular weight is 192 g/mol. The Morgan fingerprint density at radius 2 is 1.64 bits per heavy atom. The van der Waals surface area contributed by atoms with Crippen LogP contribution in [0.3, 0.4) is 0 Å². The second-order valence-electron chi connectivity index (χ2n) is 2.20. The number of nitriles is 1. The molecule has 2 nitrogen and oxygen atoms in total. The summed E-state index contributed by atoms with van der Waals surface area (Å²) in [6, 6.07) is 7.41. The van der Waals surface area contributed by atoms with E-state index in [1.165, 1.54) is 0 Å². The quantitative estimate of drug-likeness (QED) is 0.639. The van der Waals surface area contributed by atoms with Gasteiger partial charge < -0.3 is 5.73 Å². The number of hydrogen-bond acceptors (Lipinski definition) is 2. The number of aryl methyl sites for hydroxylation is 1. The Hall–Kier alpha value is -1.49. The molecular formula is C12H20N2. The zero-order valence-corrected chi connectivity index (χ0v) is 9.76. The van der Waals surface area contributed by atoms with Crippen molar-refractivity contribution in [2.24, 2.45) is 0 Å². The molecule has 0 saturated carbocycles. The van der Waals surface area contributed by atoms with E-state index in [0.29, 0.717) is 11.3 Å². The summed E-state index contributed by atoms with van der Waals surface area (Å²) in [6.45, 7) is 9.93. The molecule has 1 aromatic carbocycles. The summed E-state index contributed by atoms with van der Waals surface area (Å²) < 4.78 is 0. The highest BCUT2D eigenvalue weighted by molar-refractivity contribution is 5.54. The lowest BCUT2D eigenvalue weighted by Crippen LogP contribution is -1.89. The minimum Gasteiger partial charge on any atom is -0.398 e. The molecule has 0 heterocycles. The molecule has 0 atom stereocenters. The number of anilines is 1. The summed E-state index contributed by atoms with van der Waals surface area (Å²) in [5, 5.41) is 8.51. The number of benzene rings is 1. The van der Waals surface area contributed by atoms with Gasteiger partial charge in [-0.05, 0) is 24.6 Å². The molecule has 0 bridgehead atoms. The van der Waals surface area contributed by atoms with Gasteiger partial charge in [0.1, 0.15) is 6.07 Å². The lowest BCUT2D eigenvalue weighted by atomic mass is 10.1. The molecule has 1 rings (SSSR count). The van der Waals surface area contributed by atoms with Crippen LogP contribution >= 0.6 is 0 Å². The molecule has 0 aliphatic rings. The van der Waals surface area contributed by atoms with Gasteiger partial charge in [0.2, 0.25) is 0 Å². The Bertz CT molecular complexity index is 285. The minimum absolute atomic E-state index is 0.549. The lowest BCUT2D eigenvalue weighted by molar-refractivity contribution is 1.42. The van der Waals surface area contributed by atoms with Crippen LogP contribution in [0.4, 0.5) is 5.69 Å². The fraction of sp³-hybridized carbons (Fsp3) is 0.417. The second kappa shape index (κ2) is 9.60. The van der Waals surface area contributed by atoms with Gasteiger partial charge in [0, 0.05) is 5.69 Å². The summed E-state index contributed by atoms with van der Waals surface area (Å²) in [5.74, 6) is 0. The number of rotatable bonds is 0. The SMILES string of the molecule is CC.CC.Cc1ccc(N)c(C#N)c1. The van der Waals surface area contributed by atoms with E-state index in [9.17, 15) is 0 Å². The van der Waals surface area contributed by atoms with Crippen LogP contribution in [0.2, 0.25) is 0 Å². The zero-order valence-electron chi connectivity index (χ0n) is 9.76. The van der Waals surface area contributed by atoms with Gasteiger partial charge in [0.25, 0.3) is 0 Å². The predicted octanol–water partition coefficient (Wildman–Crippen LogP) is 3.50. The van der Waals surface area contributed by atoms with Crippen LogP contribution in [0.15, 0.2) is 18.2 Å². The van der Waals surface area contributed by atoms with Gasteiger partial charge >= 0.3 is 0 Å². The first kappa shape index (κ1) is 15.0. The molecule has 0 fully saturated rings. The fourth-order valence-electron chi connectivity index (χ4n) is 0.767. The molecule has 2 N–H and O–H groups in total. The highest BCUT2D eigenvalue weighted by Crippen LogP contribution is 2.11. The standard InChI is InChI=1S/C8H8N2.2C2H6/c1-6-2-3-8(10)7(4-6)5-9;2*1-2/h2-4H,10H2,1H3;2*1-2H3. The third kappa shape index (κ3) is 5.21. The zero-order chi connectivity index (χ0) is 11.6. The van der Waals surface area contributed by atoms with Crippen molar-refractivity contribution in [2.45, 2.75) is 34.6 Å². The summed E-state index contributed by atoms with van der Waals surface area (Å²) in [5.41, 5.74) is 7.64. The van der Waals surface area contributed by atoms with E-state index < -0.39 is 0 Å². The van der Waals surface area contributed by atoms with Crippen molar-refractivity contribution in [3.63, 3.8) is 0 Å². The summed E-state index contributed by atoms with van der Waals surface area (Å²) >= 11 is 0. The third-order valence-corrected chi connectivity index (χ3v) is 1.33. The predicted molar refractivity (Wildman–Crippen MR) is 63.0 cm³/mol. The van der Waals surface area contributed by atoms with E-state index in [1.807, 2.05) is 46.8 Å². The molecule has 0 spiro atoms. The highest BCUT2D eigenvalue weighted by Gasteiger charge is 1.94. The van der Waals surface area contributed by atoms with Crippen molar-refractivity contribution in [1.82, 2.24) is 0 Å². The van der Waals surface area contributed by atoms with Gasteiger partial charge in [-0.1, -0.05) is 33.8 Å². The summed E-state index contributed by atoms with van der Waals surface area (Å²) in [7, 11) is 0. The van der Waals surface area contributed by atoms with Crippen LogP contribution in [0.1, 0.15) is 38.8 Å². The Morgan fingerprint density at radius 3 is 2.00 bits per heavy atom. The molecule has 0 radical (unpaired) electrons. The monoisotopic (exact) mass is 192 g/mol. The number of hydrogen-bond donors (Lipinski definition) is 1. The molecule has 0 aliphatic carbocycles. The van der Waals surface area contributed by atoms with Gasteiger partial charge in [0.15, 0.2) is 0 Å². The third-order valence-electron chi connectivity index (χ3n) is 1.33. The van der Waals surface area contributed by atoms with Crippen LogP contribution in [-0.4, -0.2) is 0 Å². The van der Waals surface area contributed by atoms with Crippen molar-refractivity contribution in [3.05, 3.63) is 29.3 Å². The second-order valence-corrected chi connectivity index (χ2v) is 2.20. The highest BCUT2D eigenvalue weighted by atomic mass is 14.6. The van der Waals surface area contributed by atoms with E-state index in [-0.39, 0.29) is 0 Å². The lowest BCUT2D eigenvalue weighted by Gasteiger charge is -1.96. The molecule has 0 amide bonds. The van der Waals surface area contributed by atoms with Gasteiger partial charge in [0.05, 0.1) is 5.56 Å². The summed E-state index contributed by atoms with van der Waals surface area (Å²) in [6.07, 6.45) is 0. The number of nitrogens with zero attached hydrogens (tertiary/aromatic N) is 1. The molecule has 0 aromatic heterocycles. The molecular weight excluding hydrogens is 172 g/mol. The maximum atomic E-state index is 8.51. The van der Waals surface area contributed by atoms with Gasteiger partial charge in [-0.15, -0.1) is 0 Å². The maximum Gasteiger partial charge on any atom is 0.101 e. The normalized spacial score (nSPS) is 7.14.